The average molecular weight is 408 g/mol. The summed E-state index contributed by atoms with van der Waals surface area (Å²) in [7, 11) is 2.11. The van der Waals surface area contributed by atoms with E-state index in [0.717, 1.165) is 36.6 Å². The van der Waals surface area contributed by atoms with Crippen molar-refractivity contribution in [1.29, 1.82) is 0 Å². The third-order valence-corrected chi connectivity index (χ3v) is 4.05. The number of carbonyl (C=O) groups excluding carboxylic acids is 2. The van der Waals surface area contributed by atoms with Crippen LogP contribution in [0.25, 0.3) is 0 Å². The van der Waals surface area contributed by atoms with E-state index in [-0.39, 0.29) is 5.95 Å². The van der Waals surface area contributed by atoms with Crippen molar-refractivity contribution in [2.24, 2.45) is 0 Å². The fourth-order valence-corrected chi connectivity index (χ4v) is 2.66. The van der Waals surface area contributed by atoms with Gasteiger partial charge in [-0.05, 0) is 48.6 Å². The predicted octanol–water partition coefficient (Wildman–Crippen LogP) is 2.90. The molecule has 1 aromatic heterocycles. The summed E-state index contributed by atoms with van der Waals surface area (Å²) < 4.78 is 10.7. The number of ether oxygens (including phenoxy) is 2. The molecular formula is C20H33N5O4. The van der Waals surface area contributed by atoms with E-state index in [2.05, 4.69) is 26.8 Å². The largest absolute Gasteiger partial charge is 0.443 e. The van der Waals surface area contributed by atoms with E-state index in [1.54, 1.807) is 53.9 Å². The molecule has 1 fully saturated rings. The summed E-state index contributed by atoms with van der Waals surface area (Å²) in [4.78, 5) is 39.1. The van der Waals surface area contributed by atoms with Crippen molar-refractivity contribution in [3.8, 4) is 0 Å². The molecular weight excluding hydrogens is 374 g/mol. The first-order chi connectivity index (χ1) is 13.3. The number of hydrogen-bond acceptors (Lipinski definition) is 8. The number of piperazine rings is 1. The number of hydrogen-bond donors (Lipinski definition) is 0. The number of imide groups is 1. The Labute approximate surface area is 173 Å². The lowest BCUT2D eigenvalue weighted by atomic mass is 10.2. The molecule has 2 rings (SSSR count). The summed E-state index contributed by atoms with van der Waals surface area (Å²) in [5, 5.41) is 0. The fourth-order valence-electron chi connectivity index (χ4n) is 2.66. The van der Waals surface area contributed by atoms with Crippen LogP contribution < -0.4 is 4.90 Å². The molecule has 9 nitrogen and oxygen atoms in total. The minimum absolute atomic E-state index is 0.0735. The Morgan fingerprint density at radius 1 is 0.931 bits per heavy atom. The zero-order chi connectivity index (χ0) is 21.8. The van der Waals surface area contributed by atoms with Gasteiger partial charge in [0.1, 0.15) is 11.2 Å². The molecule has 1 aliphatic rings. The van der Waals surface area contributed by atoms with Gasteiger partial charge in [0.25, 0.3) is 0 Å². The van der Waals surface area contributed by atoms with Crippen molar-refractivity contribution >= 4 is 18.1 Å². The van der Waals surface area contributed by atoms with Gasteiger partial charge in [-0.25, -0.2) is 19.6 Å². The van der Waals surface area contributed by atoms with Gasteiger partial charge in [0.2, 0.25) is 5.95 Å². The molecule has 0 aliphatic carbocycles. The second-order valence-corrected chi connectivity index (χ2v) is 9.27. The number of carbonyl (C=O) groups is 2. The molecule has 2 amide bonds. The second kappa shape index (κ2) is 9.04. The molecule has 2 heterocycles. The molecule has 0 unspecified atom stereocenters. The highest BCUT2D eigenvalue weighted by Crippen LogP contribution is 2.19. The summed E-state index contributed by atoms with van der Waals surface area (Å²) in [5.74, 6) is -0.0735. The van der Waals surface area contributed by atoms with Crippen LogP contribution in [0.4, 0.5) is 15.5 Å². The Morgan fingerprint density at radius 2 is 1.38 bits per heavy atom. The number of anilines is 1. The lowest BCUT2D eigenvalue weighted by Gasteiger charge is -2.32. The first kappa shape index (κ1) is 23.0. The van der Waals surface area contributed by atoms with E-state index in [1.807, 2.05) is 0 Å². The molecule has 0 N–H and O–H groups in total. The molecule has 0 atom stereocenters. The lowest BCUT2D eigenvalue weighted by Crippen LogP contribution is -2.45. The standard InChI is InChI=1S/C20H33N5O4/c1-19(2,3)28-17(26)25(18(27)29-20(4,5)6)16-21-12-15(13-22-16)14-24-10-8-23(7)9-11-24/h12-13H,8-11,14H2,1-7H3. The predicted molar refractivity (Wildman–Crippen MR) is 110 cm³/mol. The number of rotatable bonds is 3. The first-order valence-corrected chi connectivity index (χ1v) is 9.82. The van der Waals surface area contributed by atoms with Gasteiger partial charge in [-0.2, -0.15) is 0 Å². The topological polar surface area (TPSA) is 88.1 Å². The van der Waals surface area contributed by atoms with Crippen LogP contribution in [0.5, 0.6) is 0 Å². The third kappa shape index (κ3) is 7.58. The molecule has 1 aliphatic heterocycles. The molecule has 29 heavy (non-hydrogen) atoms. The van der Waals surface area contributed by atoms with Crippen molar-refractivity contribution < 1.29 is 19.1 Å². The fraction of sp³-hybridized carbons (Fsp3) is 0.700. The second-order valence-electron chi connectivity index (χ2n) is 9.27. The van der Waals surface area contributed by atoms with Crippen molar-refractivity contribution in [3.63, 3.8) is 0 Å². The van der Waals surface area contributed by atoms with Crippen LogP contribution in [0.3, 0.4) is 0 Å². The van der Waals surface area contributed by atoms with Gasteiger partial charge in [-0.1, -0.05) is 0 Å². The summed E-state index contributed by atoms with van der Waals surface area (Å²) in [6.45, 7) is 15.0. The molecule has 1 aromatic rings. The van der Waals surface area contributed by atoms with E-state index >= 15 is 0 Å². The molecule has 1 saturated heterocycles. The van der Waals surface area contributed by atoms with Crippen molar-refractivity contribution in [2.75, 3.05) is 38.1 Å². The van der Waals surface area contributed by atoms with Gasteiger partial charge < -0.3 is 14.4 Å². The zero-order valence-corrected chi connectivity index (χ0v) is 18.6. The third-order valence-electron chi connectivity index (χ3n) is 4.05. The van der Waals surface area contributed by atoms with Gasteiger partial charge >= 0.3 is 12.2 Å². The summed E-state index contributed by atoms with van der Waals surface area (Å²) in [6.07, 6.45) is 1.50. The van der Waals surface area contributed by atoms with E-state index in [4.69, 9.17) is 9.47 Å². The molecule has 9 heteroatoms. The Kier molecular flexibility index (Phi) is 7.18. The van der Waals surface area contributed by atoms with Crippen LogP contribution in [-0.2, 0) is 16.0 Å². The minimum Gasteiger partial charge on any atom is -0.443 e. The highest BCUT2D eigenvalue weighted by Gasteiger charge is 2.34. The molecule has 0 bridgehead atoms. The van der Waals surface area contributed by atoms with Crippen LogP contribution in [-0.4, -0.2) is 76.4 Å². The van der Waals surface area contributed by atoms with E-state index < -0.39 is 23.4 Å². The van der Waals surface area contributed by atoms with Crippen molar-refractivity contribution in [1.82, 2.24) is 19.8 Å². The van der Waals surface area contributed by atoms with Crippen molar-refractivity contribution in [3.05, 3.63) is 18.0 Å². The minimum atomic E-state index is -0.876. The normalized spacial score (nSPS) is 16.4. The van der Waals surface area contributed by atoms with Gasteiger partial charge in [-0.3, -0.25) is 4.90 Å². The van der Waals surface area contributed by atoms with Gasteiger partial charge in [-0.15, -0.1) is 4.90 Å². The smallest absolute Gasteiger partial charge is 0.427 e. The van der Waals surface area contributed by atoms with Crippen LogP contribution in [0.15, 0.2) is 12.4 Å². The van der Waals surface area contributed by atoms with Crippen molar-refractivity contribution in [2.45, 2.75) is 59.3 Å². The zero-order valence-electron chi connectivity index (χ0n) is 18.6. The van der Waals surface area contributed by atoms with Crippen LogP contribution in [0.2, 0.25) is 0 Å². The molecule has 0 spiro atoms. The Bertz CT molecular complexity index is 673. The molecule has 162 valence electrons. The highest BCUT2D eigenvalue weighted by atomic mass is 16.6. The number of likely N-dealkylation sites (N-methyl/N-ethyl adjacent to an activating group) is 1. The van der Waals surface area contributed by atoms with Crippen LogP contribution in [0, 0.1) is 0 Å². The highest BCUT2D eigenvalue weighted by molar-refractivity contribution is 6.08. The van der Waals surface area contributed by atoms with E-state index in [9.17, 15) is 9.59 Å². The van der Waals surface area contributed by atoms with E-state index in [0.29, 0.717) is 6.54 Å². The summed E-state index contributed by atoms with van der Waals surface area (Å²) >= 11 is 0. The van der Waals surface area contributed by atoms with E-state index in [1.165, 1.54) is 0 Å². The monoisotopic (exact) mass is 407 g/mol. The summed E-state index contributed by atoms with van der Waals surface area (Å²) in [6, 6.07) is 0. The Morgan fingerprint density at radius 3 is 1.79 bits per heavy atom. The SMILES string of the molecule is CN1CCN(Cc2cnc(N(C(=O)OC(C)(C)C)C(=O)OC(C)(C)C)nc2)CC1. The maximum Gasteiger partial charge on any atom is 0.427 e. The number of nitrogens with zero attached hydrogens (tertiary/aromatic N) is 5. The average Bonchev–Trinajstić information content (AvgIpc) is 2.55. The first-order valence-electron chi connectivity index (χ1n) is 9.82. The Hall–Kier alpha value is -2.26. The van der Waals surface area contributed by atoms with Crippen LogP contribution >= 0.6 is 0 Å². The Balaban J connectivity index is 2.16. The quantitative estimate of drug-likeness (QED) is 0.756. The number of amides is 2. The maximum absolute atomic E-state index is 12.6. The van der Waals surface area contributed by atoms with Gasteiger partial charge in [0.05, 0.1) is 0 Å². The summed E-state index contributed by atoms with van der Waals surface area (Å²) in [5.41, 5.74) is -0.649. The maximum atomic E-state index is 12.6. The molecule has 0 aromatic carbocycles. The van der Waals surface area contributed by atoms with Gasteiger partial charge in [0.15, 0.2) is 0 Å². The lowest BCUT2D eigenvalue weighted by molar-refractivity contribution is 0.0427. The molecule has 0 radical (unpaired) electrons. The van der Waals surface area contributed by atoms with Gasteiger partial charge in [0, 0.05) is 50.7 Å². The van der Waals surface area contributed by atoms with Crippen LogP contribution in [0.1, 0.15) is 47.1 Å². The molecule has 0 saturated carbocycles. The number of aromatic nitrogens is 2.